The van der Waals surface area contributed by atoms with Gasteiger partial charge in [-0.05, 0) is 42.4 Å². The van der Waals surface area contributed by atoms with E-state index in [0.29, 0.717) is 0 Å². The van der Waals surface area contributed by atoms with Crippen molar-refractivity contribution in [3.63, 3.8) is 0 Å². The Bertz CT molecular complexity index is 458. The third-order valence-electron chi connectivity index (χ3n) is 5.15. The molecule has 0 radical (unpaired) electrons. The van der Waals surface area contributed by atoms with Gasteiger partial charge in [0, 0.05) is 11.1 Å². The van der Waals surface area contributed by atoms with Crippen LogP contribution in [-0.4, -0.2) is 7.11 Å². The van der Waals surface area contributed by atoms with E-state index in [2.05, 4.69) is 39.0 Å². The smallest absolute Gasteiger partial charge is 0.123 e. The number of rotatable bonds is 4. The average Bonchev–Trinajstić information content (AvgIpc) is 2.47. The number of hydrogen-bond acceptors (Lipinski definition) is 2. The molecule has 2 N–H and O–H groups in total. The molecule has 1 fully saturated rings. The maximum atomic E-state index is 6.73. The van der Waals surface area contributed by atoms with Gasteiger partial charge < -0.3 is 10.5 Å². The van der Waals surface area contributed by atoms with Gasteiger partial charge in [-0.3, -0.25) is 0 Å². The number of nitrogens with two attached hydrogens (primary N) is 1. The highest BCUT2D eigenvalue weighted by molar-refractivity contribution is 5.44. The third kappa shape index (κ3) is 2.85. The van der Waals surface area contributed by atoms with Crippen LogP contribution >= 0.6 is 0 Å². The number of methoxy groups -OCH3 is 1. The fraction of sp³-hybridized carbons (Fsp3) is 0.667. The summed E-state index contributed by atoms with van der Waals surface area (Å²) in [6.45, 7) is 6.83. The second-order valence-electron chi connectivity index (χ2n) is 6.87. The predicted octanol–water partition coefficient (Wildman–Crippen LogP) is 4.50. The zero-order valence-corrected chi connectivity index (χ0v) is 13.5. The summed E-state index contributed by atoms with van der Waals surface area (Å²) in [6.07, 6.45) is 7.01. The molecular formula is C18H29NO. The number of ether oxygens (including phenoxy) is 1. The second-order valence-corrected chi connectivity index (χ2v) is 6.87. The lowest BCUT2D eigenvalue weighted by atomic mass is 9.74. The molecule has 2 heteroatoms. The summed E-state index contributed by atoms with van der Waals surface area (Å²) in [5, 5.41) is 0. The molecule has 0 heterocycles. The van der Waals surface area contributed by atoms with Crippen molar-refractivity contribution < 1.29 is 4.74 Å². The van der Waals surface area contributed by atoms with Crippen molar-refractivity contribution in [3.8, 4) is 5.75 Å². The van der Waals surface area contributed by atoms with E-state index in [4.69, 9.17) is 10.5 Å². The van der Waals surface area contributed by atoms with Crippen LogP contribution in [0.3, 0.4) is 0 Å². The van der Waals surface area contributed by atoms with Gasteiger partial charge in [0.15, 0.2) is 0 Å². The van der Waals surface area contributed by atoms with Crippen LogP contribution in [0.1, 0.15) is 70.4 Å². The lowest BCUT2D eigenvalue weighted by Crippen LogP contribution is -2.39. The standard InChI is InChI=1S/C18H29NO/c1-5-17(2,3)14-9-10-16(20-4)15(13-14)18(19)11-7-6-8-12-18/h9-10,13H,5-8,11-12,19H2,1-4H3. The molecule has 0 amide bonds. The zero-order chi connectivity index (χ0) is 14.8. The molecule has 2 rings (SSSR count). The van der Waals surface area contributed by atoms with Gasteiger partial charge in [0.1, 0.15) is 5.75 Å². The van der Waals surface area contributed by atoms with Crippen LogP contribution in [0.25, 0.3) is 0 Å². The topological polar surface area (TPSA) is 35.2 Å². The van der Waals surface area contributed by atoms with Gasteiger partial charge in [0.25, 0.3) is 0 Å². The van der Waals surface area contributed by atoms with E-state index in [9.17, 15) is 0 Å². The van der Waals surface area contributed by atoms with Crippen molar-refractivity contribution >= 4 is 0 Å². The first-order valence-electron chi connectivity index (χ1n) is 7.91. The summed E-state index contributed by atoms with van der Waals surface area (Å²) in [4.78, 5) is 0. The molecule has 20 heavy (non-hydrogen) atoms. The van der Waals surface area contributed by atoms with Crippen LogP contribution in [0.4, 0.5) is 0 Å². The molecule has 0 spiro atoms. The summed E-state index contributed by atoms with van der Waals surface area (Å²) >= 11 is 0. The molecule has 0 atom stereocenters. The van der Waals surface area contributed by atoms with Gasteiger partial charge in [-0.15, -0.1) is 0 Å². The Balaban J connectivity index is 2.46. The summed E-state index contributed by atoms with van der Waals surface area (Å²) in [7, 11) is 1.75. The zero-order valence-electron chi connectivity index (χ0n) is 13.5. The largest absolute Gasteiger partial charge is 0.496 e. The molecule has 1 aliphatic carbocycles. The van der Waals surface area contributed by atoms with Gasteiger partial charge >= 0.3 is 0 Å². The van der Waals surface area contributed by atoms with Crippen LogP contribution in [0.2, 0.25) is 0 Å². The van der Waals surface area contributed by atoms with E-state index in [-0.39, 0.29) is 11.0 Å². The van der Waals surface area contributed by atoms with Crippen LogP contribution in [0.5, 0.6) is 5.75 Å². The quantitative estimate of drug-likeness (QED) is 0.878. The second kappa shape index (κ2) is 5.77. The molecule has 0 saturated heterocycles. The Hall–Kier alpha value is -1.02. The van der Waals surface area contributed by atoms with Crippen LogP contribution < -0.4 is 10.5 Å². The van der Waals surface area contributed by atoms with Crippen LogP contribution in [0.15, 0.2) is 18.2 Å². The number of hydrogen-bond donors (Lipinski definition) is 1. The Labute approximate surface area is 123 Å². The molecule has 0 bridgehead atoms. The van der Waals surface area contributed by atoms with Crippen molar-refractivity contribution in [2.24, 2.45) is 5.73 Å². The summed E-state index contributed by atoms with van der Waals surface area (Å²) in [5.41, 5.74) is 9.29. The molecule has 0 unspecified atom stereocenters. The molecule has 1 aliphatic rings. The highest BCUT2D eigenvalue weighted by Crippen LogP contribution is 2.41. The molecule has 1 aromatic carbocycles. The minimum atomic E-state index is -0.205. The molecular weight excluding hydrogens is 246 g/mol. The fourth-order valence-electron chi connectivity index (χ4n) is 3.17. The van der Waals surface area contributed by atoms with E-state index in [0.717, 1.165) is 25.0 Å². The van der Waals surface area contributed by atoms with Crippen molar-refractivity contribution in [2.45, 2.75) is 70.3 Å². The van der Waals surface area contributed by atoms with Crippen molar-refractivity contribution in [3.05, 3.63) is 29.3 Å². The van der Waals surface area contributed by atoms with Crippen molar-refractivity contribution in [1.29, 1.82) is 0 Å². The molecule has 112 valence electrons. The first-order chi connectivity index (χ1) is 9.43. The Morgan fingerprint density at radius 1 is 1.20 bits per heavy atom. The molecule has 1 saturated carbocycles. The van der Waals surface area contributed by atoms with E-state index in [1.807, 2.05) is 0 Å². The van der Waals surface area contributed by atoms with Gasteiger partial charge in [-0.25, -0.2) is 0 Å². The number of benzene rings is 1. The van der Waals surface area contributed by atoms with E-state index < -0.39 is 0 Å². The highest BCUT2D eigenvalue weighted by atomic mass is 16.5. The van der Waals surface area contributed by atoms with Gasteiger partial charge in [-0.1, -0.05) is 46.1 Å². The Kier molecular flexibility index (Phi) is 4.43. The maximum absolute atomic E-state index is 6.73. The monoisotopic (exact) mass is 275 g/mol. The lowest BCUT2D eigenvalue weighted by molar-refractivity contribution is 0.288. The Morgan fingerprint density at radius 3 is 2.40 bits per heavy atom. The first kappa shape index (κ1) is 15.4. The summed E-state index contributed by atoms with van der Waals surface area (Å²) in [5.74, 6) is 0.949. The summed E-state index contributed by atoms with van der Waals surface area (Å²) in [6, 6.07) is 6.59. The van der Waals surface area contributed by atoms with Crippen molar-refractivity contribution in [2.75, 3.05) is 7.11 Å². The first-order valence-corrected chi connectivity index (χ1v) is 7.91. The SMILES string of the molecule is CCC(C)(C)c1ccc(OC)c(C2(N)CCCCC2)c1. The van der Waals surface area contributed by atoms with Crippen LogP contribution in [0, 0.1) is 0 Å². The third-order valence-corrected chi connectivity index (χ3v) is 5.15. The fourth-order valence-corrected chi connectivity index (χ4v) is 3.17. The molecule has 0 aromatic heterocycles. The van der Waals surface area contributed by atoms with Crippen LogP contribution in [-0.2, 0) is 11.0 Å². The maximum Gasteiger partial charge on any atom is 0.123 e. The Morgan fingerprint density at radius 2 is 1.85 bits per heavy atom. The minimum Gasteiger partial charge on any atom is -0.496 e. The van der Waals surface area contributed by atoms with Gasteiger partial charge in [-0.2, -0.15) is 0 Å². The molecule has 1 aromatic rings. The molecule has 2 nitrogen and oxygen atoms in total. The van der Waals surface area contributed by atoms with E-state index >= 15 is 0 Å². The average molecular weight is 275 g/mol. The van der Waals surface area contributed by atoms with Gasteiger partial charge in [0.05, 0.1) is 7.11 Å². The lowest BCUT2D eigenvalue weighted by Gasteiger charge is -2.36. The summed E-state index contributed by atoms with van der Waals surface area (Å²) < 4.78 is 5.59. The minimum absolute atomic E-state index is 0.187. The normalized spacial score (nSPS) is 18.9. The van der Waals surface area contributed by atoms with Gasteiger partial charge in [0.2, 0.25) is 0 Å². The van der Waals surface area contributed by atoms with Crippen molar-refractivity contribution in [1.82, 2.24) is 0 Å². The predicted molar refractivity (Wildman–Crippen MR) is 85.3 cm³/mol. The van der Waals surface area contributed by atoms with E-state index in [1.165, 1.54) is 30.4 Å². The van der Waals surface area contributed by atoms with E-state index in [1.54, 1.807) is 7.11 Å². The molecule has 0 aliphatic heterocycles. The highest BCUT2D eigenvalue weighted by Gasteiger charge is 2.33.